The number of carbonyl (C=O) groups excluding carboxylic acids is 1. The van der Waals surface area contributed by atoms with Gasteiger partial charge in [-0.15, -0.1) is 0 Å². The molecule has 2 saturated heterocycles. The first-order valence-electron chi connectivity index (χ1n) is 12.0. The number of anilines is 2. The molecule has 2 aliphatic heterocycles. The summed E-state index contributed by atoms with van der Waals surface area (Å²) >= 11 is 0. The van der Waals surface area contributed by atoms with Gasteiger partial charge in [-0.05, 0) is 61.4 Å². The molecule has 1 N–H and O–H groups in total. The average molecular weight is 487 g/mol. The van der Waals surface area contributed by atoms with E-state index in [2.05, 4.69) is 10.2 Å². The molecule has 0 spiro atoms. The van der Waals surface area contributed by atoms with Gasteiger partial charge in [0.2, 0.25) is 15.9 Å². The van der Waals surface area contributed by atoms with E-state index < -0.39 is 10.0 Å². The first-order chi connectivity index (χ1) is 16.5. The summed E-state index contributed by atoms with van der Waals surface area (Å²) in [5.74, 6) is 0.867. The second-order valence-electron chi connectivity index (χ2n) is 8.76. The van der Waals surface area contributed by atoms with Crippen LogP contribution >= 0.6 is 0 Å². The van der Waals surface area contributed by atoms with Crippen LogP contribution in [-0.2, 0) is 14.8 Å². The van der Waals surface area contributed by atoms with Crippen molar-refractivity contribution in [3.05, 3.63) is 48.5 Å². The van der Waals surface area contributed by atoms with Crippen molar-refractivity contribution in [1.82, 2.24) is 9.21 Å². The van der Waals surface area contributed by atoms with E-state index in [-0.39, 0.29) is 12.5 Å². The minimum atomic E-state index is -3.46. The predicted molar refractivity (Wildman–Crippen MR) is 134 cm³/mol. The second kappa shape index (κ2) is 11.1. The van der Waals surface area contributed by atoms with Gasteiger partial charge >= 0.3 is 0 Å². The molecule has 34 heavy (non-hydrogen) atoms. The Labute approximate surface area is 202 Å². The lowest BCUT2D eigenvalue weighted by molar-refractivity contribution is -0.129. The van der Waals surface area contributed by atoms with Crippen LogP contribution in [0, 0.1) is 0 Å². The monoisotopic (exact) mass is 486 g/mol. The van der Waals surface area contributed by atoms with Gasteiger partial charge in [0.15, 0.2) is 0 Å². The maximum atomic E-state index is 12.9. The van der Waals surface area contributed by atoms with Crippen LogP contribution in [-0.4, -0.2) is 76.5 Å². The number of nitrogens with zero attached hydrogens (tertiary/aromatic N) is 3. The van der Waals surface area contributed by atoms with Gasteiger partial charge in [0.1, 0.15) is 5.75 Å². The van der Waals surface area contributed by atoms with Gasteiger partial charge in [0, 0.05) is 50.6 Å². The minimum absolute atomic E-state index is 0.0376. The Kier molecular flexibility index (Phi) is 7.95. The smallest absolute Gasteiger partial charge is 0.243 e. The third-order valence-electron chi connectivity index (χ3n) is 6.57. The topological polar surface area (TPSA) is 82.2 Å². The normalized spacial score (nSPS) is 17.8. The van der Waals surface area contributed by atoms with E-state index in [4.69, 9.17) is 4.74 Å². The zero-order valence-corrected chi connectivity index (χ0v) is 20.6. The molecule has 4 rings (SSSR count). The van der Waals surface area contributed by atoms with Crippen LogP contribution in [0.15, 0.2) is 53.4 Å². The third-order valence-corrected chi connectivity index (χ3v) is 8.48. The van der Waals surface area contributed by atoms with Crippen LogP contribution in [0.2, 0.25) is 0 Å². The number of amides is 1. The number of methoxy groups -OCH3 is 1. The highest BCUT2D eigenvalue weighted by molar-refractivity contribution is 7.89. The van der Waals surface area contributed by atoms with E-state index in [1.165, 1.54) is 0 Å². The van der Waals surface area contributed by atoms with Crippen LogP contribution in [0.5, 0.6) is 5.75 Å². The summed E-state index contributed by atoms with van der Waals surface area (Å²) in [7, 11) is -1.81. The zero-order valence-electron chi connectivity index (χ0n) is 19.8. The molecule has 184 valence electrons. The molecule has 2 aromatic carbocycles. The molecule has 2 heterocycles. The van der Waals surface area contributed by atoms with Gasteiger partial charge in [-0.25, -0.2) is 8.42 Å². The van der Waals surface area contributed by atoms with Gasteiger partial charge in [-0.1, -0.05) is 12.8 Å². The lowest BCUT2D eigenvalue weighted by atomic mass is 10.2. The van der Waals surface area contributed by atoms with Gasteiger partial charge in [0.05, 0.1) is 18.6 Å². The summed E-state index contributed by atoms with van der Waals surface area (Å²) in [5, 5.41) is 3.14. The Morgan fingerprint density at radius 3 is 2.06 bits per heavy atom. The quantitative estimate of drug-likeness (QED) is 0.648. The zero-order chi connectivity index (χ0) is 24.0. The van der Waals surface area contributed by atoms with Crippen molar-refractivity contribution in [2.24, 2.45) is 0 Å². The van der Waals surface area contributed by atoms with Crippen LogP contribution in [0.1, 0.15) is 25.7 Å². The van der Waals surface area contributed by atoms with Crippen LogP contribution in [0.25, 0.3) is 0 Å². The predicted octanol–water partition coefficient (Wildman–Crippen LogP) is 3.02. The van der Waals surface area contributed by atoms with Gasteiger partial charge in [-0.3, -0.25) is 4.79 Å². The highest BCUT2D eigenvalue weighted by atomic mass is 32.2. The summed E-state index contributed by atoms with van der Waals surface area (Å²) in [4.78, 5) is 17.1. The Morgan fingerprint density at radius 1 is 0.853 bits per heavy atom. The first kappa shape index (κ1) is 24.3. The highest BCUT2D eigenvalue weighted by Crippen LogP contribution is 2.23. The van der Waals surface area contributed by atoms with Gasteiger partial charge in [-0.2, -0.15) is 4.31 Å². The molecular weight excluding hydrogens is 452 g/mol. The van der Waals surface area contributed by atoms with Crippen molar-refractivity contribution >= 4 is 27.3 Å². The molecule has 0 atom stereocenters. The largest absolute Gasteiger partial charge is 0.497 e. The Balaban J connectivity index is 1.26. The fraction of sp³-hybridized carbons (Fsp3) is 0.480. The maximum absolute atomic E-state index is 12.9. The molecule has 9 heteroatoms. The number of hydrogen-bond donors (Lipinski definition) is 1. The van der Waals surface area contributed by atoms with Crippen LogP contribution in [0.3, 0.4) is 0 Å². The molecule has 0 saturated carbocycles. The van der Waals surface area contributed by atoms with E-state index in [1.807, 2.05) is 29.2 Å². The number of piperazine rings is 1. The molecule has 2 fully saturated rings. The van der Waals surface area contributed by atoms with E-state index >= 15 is 0 Å². The Bertz CT molecular complexity index is 1040. The Morgan fingerprint density at radius 2 is 1.47 bits per heavy atom. The lowest BCUT2D eigenvalue weighted by Gasteiger charge is -2.36. The molecule has 2 aliphatic rings. The van der Waals surface area contributed by atoms with Crippen LogP contribution < -0.4 is 15.0 Å². The number of rotatable bonds is 7. The summed E-state index contributed by atoms with van der Waals surface area (Å²) in [6.07, 6.45) is 3.99. The van der Waals surface area contributed by atoms with Gasteiger partial charge < -0.3 is 19.9 Å². The highest BCUT2D eigenvalue weighted by Gasteiger charge is 2.25. The fourth-order valence-corrected chi connectivity index (χ4v) is 5.99. The number of benzene rings is 2. The van der Waals surface area contributed by atoms with Crippen molar-refractivity contribution in [2.75, 3.05) is 63.1 Å². The number of carbonyl (C=O) groups is 1. The molecule has 0 radical (unpaired) electrons. The molecule has 0 aromatic heterocycles. The average Bonchev–Trinajstić information content (AvgIpc) is 3.18. The summed E-state index contributed by atoms with van der Waals surface area (Å²) in [6, 6.07) is 14.7. The lowest BCUT2D eigenvalue weighted by Crippen LogP contribution is -2.50. The van der Waals surface area contributed by atoms with Crippen molar-refractivity contribution in [3.63, 3.8) is 0 Å². The first-order valence-corrected chi connectivity index (χ1v) is 13.4. The number of hydrogen-bond acceptors (Lipinski definition) is 6. The maximum Gasteiger partial charge on any atom is 0.243 e. The fourth-order valence-electron chi connectivity index (χ4n) is 4.47. The molecule has 0 bridgehead atoms. The van der Waals surface area contributed by atoms with E-state index in [9.17, 15) is 13.2 Å². The van der Waals surface area contributed by atoms with E-state index in [0.29, 0.717) is 31.1 Å². The number of ether oxygens (including phenoxy) is 1. The van der Waals surface area contributed by atoms with Gasteiger partial charge in [0.25, 0.3) is 0 Å². The molecule has 0 aliphatic carbocycles. The Hall–Kier alpha value is -2.78. The molecule has 2 aromatic rings. The second-order valence-corrected chi connectivity index (χ2v) is 10.7. The molecule has 1 amide bonds. The summed E-state index contributed by atoms with van der Waals surface area (Å²) in [6.45, 7) is 4.24. The van der Waals surface area contributed by atoms with Crippen molar-refractivity contribution in [3.8, 4) is 5.75 Å². The molecule has 0 unspecified atom stereocenters. The van der Waals surface area contributed by atoms with Crippen LogP contribution in [0.4, 0.5) is 11.4 Å². The SMILES string of the molecule is COc1ccc(N2CCN(C(=O)CNc3ccc(S(=O)(=O)N4CCCCCC4)cc3)CC2)cc1. The molecular formula is C25H34N4O4S. The third kappa shape index (κ3) is 5.82. The van der Waals surface area contributed by atoms with E-state index in [1.54, 1.807) is 35.7 Å². The van der Waals surface area contributed by atoms with Crippen molar-refractivity contribution < 1.29 is 17.9 Å². The number of nitrogens with one attached hydrogen (secondary N) is 1. The number of sulfonamides is 1. The van der Waals surface area contributed by atoms with Crippen molar-refractivity contribution in [1.29, 1.82) is 0 Å². The summed E-state index contributed by atoms with van der Waals surface area (Å²) < 4.78 is 32.6. The van der Waals surface area contributed by atoms with E-state index in [0.717, 1.165) is 55.9 Å². The summed E-state index contributed by atoms with van der Waals surface area (Å²) in [5.41, 5.74) is 1.86. The molecule has 8 nitrogen and oxygen atoms in total. The standard InChI is InChI=1S/C25H34N4O4S/c1-33-23-10-8-22(9-11-23)27-16-18-28(19-17-27)25(30)20-26-21-6-12-24(13-7-21)34(31,32)29-14-4-2-3-5-15-29/h6-13,26H,2-5,14-20H2,1H3. The van der Waals surface area contributed by atoms with Crippen molar-refractivity contribution in [2.45, 2.75) is 30.6 Å². The minimum Gasteiger partial charge on any atom is -0.497 e.